The quantitative estimate of drug-likeness (QED) is 0.0237. The van der Waals surface area contributed by atoms with E-state index < -0.39 is 34.2 Å². The standard InChI is InChI=1S/C43H85NO5.CH4O4S/c1-6-8-10-12-14-16-18-20-22-24-26-28-30-32-34-36-40(45)48-38(3)42(43(5,44)47)39(4)49-41(46)37-35-33-31-29-27-25-23-21-19-17-15-13-11-9-7-2;1-5-6(2,3)4/h38-39,42,47H,6-37,44H2,1-5H3;1H3,(H,2,3,4). The molecule has 0 aliphatic heterocycles. The fraction of sp³-hybridized carbons (Fsp3) is 0.955. The summed E-state index contributed by atoms with van der Waals surface area (Å²) >= 11 is 0. The number of unbranched alkanes of at least 4 members (excludes halogenated alkanes) is 28. The van der Waals surface area contributed by atoms with Crippen LogP contribution < -0.4 is 5.73 Å². The Morgan fingerprint density at radius 2 is 0.727 bits per heavy atom. The summed E-state index contributed by atoms with van der Waals surface area (Å²) in [5.41, 5.74) is 4.43. The molecule has 0 saturated carbocycles. The van der Waals surface area contributed by atoms with Crippen molar-refractivity contribution in [2.24, 2.45) is 11.7 Å². The smallest absolute Gasteiger partial charge is 0.397 e. The van der Waals surface area contributed by atoms with Crippen LogP contribution >= 0.6 is 0 Å². The number of rotatable bonds is 38. The van der Waals surface area contributed by atoms with Crippen LogP contribution in [0.5, 0.6) is 0 Å². The number of carbonyl (C=O) groups is 2. The van der Waals surface area contributed by atoms with E-state index in [1.54, 1.807) is 13.8 Å². The molecule has 55 heavy (non-hydrogen) atoms. The van der Waals surface area contributed by atoms with Gasteiger partial charge in [-0.05, 0) is 33.6 Å². The van der Waals surface area contributed by atoms with Crippen molar-refractivity contribution in [2.75, 3.05) is 7.11 Å². The maximum absolute atomic E-state index is 12.6. The Morgan fingerprint density at radius 3 is 0.909 bits per heavy atom. The predicted molar refractivity (Wildman–Crippen MR) is 227 cm³/mol. The molecule has 0 aromatic carbocycles. The molecule has 0 amide bonds. The Kier molecular flexibility index (Phi) is 38.8. The van der Waals surface area contributed by atoms with Crippen LogP contribution in [0, 0.1) is 5.92 Å². The Morgan fingerprint density at radius 1 is 0.527 bits per heavy atom. The number of ether oxygens (including phenoxy) is 2. The van der Waals surface area contributed by atoms with E-state index in [0.717, 1.165) is 45.6 Å². The molecule has 0 aromatic heterocycles. The predicted octanol–water partition coefficient (Wildman–Crippen LogP) is 12.1. The summed E-state index contributed by atoms with van der Waals surface area (Å²) in [5.74, 6) is -1.29. The van der Waals surface area contributed by atoms with E-state index >= 15 is 0 Å². The van der Waals surface area contributed by atoms with E-state index in [1.807, 2.05) is 0 Å². The third-order valence-electron chi connectivity index (χ3n) is 10.5. The van der Waals surface area contributed by atoms with Gasteiger partial charge in [-0.1, -0.05) is 194 Å². The highest BCUT2D eigenvalue weighted by Gasteiger charge is 2.40. The molecule has 0 rings (SSSR count). The van der Waals surface area contributed by atoms with Gasteiger partial charge in [0.1, 0.15) is 17.9 Å². The van der Waals surface area contributed by atoms with Crippen molar-refractivity contribution in [3.05, 3.63) is 0 Å². The van der Waals surface area contributed by atoms with Crippen molar-refractivity contribution in [3.8, 4) is 0 Å². The first-order valence-corrected chi connectivity index (χ1v) is 24.0. The van der Waals surface area contributed by atoms with Crippen LogP contribution in [0.3, 0.4) is 0 Å². The van der Waals surface area contributed by atoms with E-state index in [4.69, 9.17) is 19.8 Å². The summed E-state index contributed by atoms with van der Waals surface area (Å²) < 4.78 is 41.1. The summed E-state index contributed by atoms with van der Waals surface area (Å²) in [7, 11) is -3.29. The number of hydrogen-bond donors (Lipinski definition) is 3. The fourth-order valence-electron chi connectivity index (χ4n) is 7.29. The van der Waals surface area contributed by atoms with Gasteiger partial charge in [0.05, 0.1) is 13.0 Å². The summed E-state index contributed by atoms with van der Waals surface area (Å²) in [6, 6.07) is 0. The molecular formula is C44H89NO9S. The molecule has 0 aromatic rings. The van der Waals surface area contributed by atoms with Crippen molar-refractivity contribution >= 4 is 22.3 Å². The number of esters is 2. The number of aliphatic hydroxyl groups is 1. The molecule has 0 radical (unpaired) electrons. The first-order valence-electron chi connectivity index (χ1n) is 22.6. The summed E-state index contributed by atoms with van der Waals surface area (Å²) in [4.78, 5) is 25.2. The van der Waals surface area contributed by atoms with Crippen LogP contribution in [0.15, 0.2) is 0 Å². The monoisotopic (exact) mass is 808 g/mol. The minimum Gasteiger partial charge on any atom is -0.462 e. The average Bonchev–Trinajstić information content (AvgIpc) is 3.10. The SMILES string of the molecule is CCCCCCCCCCCCCCCCCC(=O)OC(C)C(C(C)OC(=O)CCCCCCCCCCCCCCCCC)C(C)(N)O.COS(=O)(=O)O. The van der Waals surface area contributed by atoms with Gasteiger partial charge < -0.3 is 20.3 Å². The Bertz CT molecular complexity index is 917. The molecule has 0 aliphatic rings. The van der Waals surface area contributed by atoms with E-state index in [-0.39, 0.29) is 11.9 Å². The van der Waals surface area contributed by atoms with E-state index in [9.17, 15) is 23.1 Å². The Hall–Kier alpha value is -1.27. The van der Waals surface area contributed by atoms with Crippen LogP contribution in [-0.2, 0) is 33.6 Å². The lowest BCUT2D eigenvalue weighted by Gasteiger charge is -2.37. The zero-order valence-corrected chi connectivity index (χ0v) is 37.4. The molecule has 4 N–H and O–H groups in total. The largest absolute Gasteiger partial charge is 0.462 e. The third-order valence-corrected chi connectivity index (χ3v) is 10.9. The summed E-state index contributed by atoms with van der Waals surface area (Å²) in [5, 5.41) is 10.7. The van der Waals surface area contributed by atoms with Gasteiger partial charge in [0.2, 0.25) is 0 Å². The summed E-state index contributed by atoms with van der Waals surface area (Å²) in [6.45, 7) is 9.48. The maximum atomic E-state index is 12.6. The minimum absolute atomic E-state index is 0.284. The van der Waals surface area contributed by atoms with Crippen molar-refractivity contribution in [1.29, 1.82) is 0 Å². The zero-order valence-electron chi connectivity index (χ0n) is 36.6. The fourth-order valence-corrected chi connectivity index (χ4v) is 7.29. The molecular weight excluding hydrogens is 719 g/mol. The molecule has 0 fully saturated rings. The van der Waals surface area contributed by atoms with E-state index in [0.29, 0.717) is 12.8 Å². The van der Waals surface area contributed by atoms with Crippen molar-refractivity contribution in [1.82, 2.24) is 0 Å². The van der Waals surface area contributed by atoms with Gasteiger partial charge in [0.15, 0.2) is 0 Å². The molecule has 3 unspecified atom stereocenters. The Labute approximate surface area is 339 Å². The van der Waals surface area contributed by atoms with Crippen molar-refractivity contribution in [3.63, 3.8) is 0 Å². The molecule has 11 heteroatoms. The third kappa shape index (κ3) is 40.7. The molecule has 0 spiro atoms. The normalized spacial score (nSPS) is 14.3. The lowest BCUT2D eigenvalue weighted by Crippen LogP contribution is -2.54. The second-order valence-electron chi connectivity index (χ2n) is 16.1. The van der Waals surface area contributed by atoms with Gasteiger partial charge in [-0.25, -0.2) is 0 Å². The van der Waals surface area contributed by atoms with Crippen molar-refractivity contribution < 1.29 is 41.3 Å². The highest BCUT2D eigenvalue weighted by molar-refractivity contribution is 7.80. The average molecular weight is 808 g/mol. The highest BCUT2D eigenvalue weighted by atomic mass is 32.3. The first kappa shape index (κ1) is 55.8. The van der Waals surface area contributed by atoms with Gasteiger partial charge in [-0.3, -0.25) is 18.3 Å². The molecule has 3 atom stereocenters. The lowest BCUT2D eigenvalue weighted by atomic mass is 9.87. The van der Waals surface area contributed by atoms with Gasteiger partial charge in [-0.15, -0.1) is 0 Å². The molecule has 0 bridgehead atoms. The van der Waals surface area contributed by atoms with Crippen LogP contribution in [0.4, 0.5) is 0 Å². The second-order valence-corrected chi connectivity index (χ2v) is 17.3. The topological polar surface area (TPSA) is 162 Å². The molecule has 0 saturated heterocycles. The Balaban J connectivity index is 0. The van der Waals surface area contributed by atoms with Crippen LogP contribution in [0.2, 0.25) is 0 Å². The van der Waals surface area contributed by atoms with Crippen molar-refractivity contribution in [2.45, 2.75) is 258 Å². The lowest BCUT2D eigenvalue weighted by molar-refractivity contribution is -0.173. The molecule has 10 nitrogen and oxygen atoms in total. The number of nitrogens with two attached hydrogens (primary N) is 1. The van der Waals surface area contributed by atoms with Crippen LogP contribution in [0.25, 0.3) is 0 Å². The van der Waals surface area contributed by atoms with Crippen LogP contribution in [0.1, 0.15) is 240 Å². The molecule has 330 valence electrons. The van der Waals surface area contributed by atoms with Gasteiger partial charge in [-0.2, -0.15) is 8.42 Å². The van der Waals surface area contributed by atoms with Gasteiger partial charge in [0, 0.05) is 12.8 Å². The highest BCUT2D eigenvalue weighted by Crippen LogP contribution is 2.26. The second kappa shape index (κ2) is 38.3. The van der Waals surface area contributed by atoms with Crippen LogP contribution in [-0.4, -0.2) is 55.1 Å². The first-order chi connectivity index (χ1) is 26.2. The van der Waals surface area contributed by atoms with Gasteiger partial charge >= 0.3 is 22.3 Å². The number of carbonyl (C=O) groups excluding carboxylic acids is 2. The maximum Gasteiger partial charge on any atom is 0.397 e. The molecule has 0 aliphatic carbocycles. The molecule has 0 heterocycles. The summed E-state index contributed by atoms with van der Waals surface area (Å²) in [6.07, 6.45) is 37.8. The minimum atomic E-state index is -4.16. The zero-order chi connectivity index (χ0) is 41.6. The number of hydrogen-bond acceptors (Lipinski definition) is 9. The van der Waals surface area contributed by atoms with Gasteiger partial charge in [0.25, 0.3) is 0 Å². The van der Waals surface area contributed by atoms with E-state index in [1.165, 1.54) is 161 Å². The van der Waals surface area contributed by atoms with E-state index in [2.05, 4.69) is 18.0 Å².